The van der Waals surface area contributed by atoms with E-state index in [-0.39, 0.29) is 25.0 Å². The molecule has 0 spiro atoms. The van der Waals surface area contributed by atoms with Crippen LogP contribution in [0.25, 0.3) is 0 Å². The second kappa shape index (κ2) is 10.4. The highest BCUT2D eigenvalue weighted by Crippen LogP contribution is 2.21. The number of furan rings is 1. The van der Waals surface area contributed by atoms with Gasteiger partial charge in [0.15, 0.2) is 12.5 Å². The summed E-state index contributed by atoms with van der Waals surface area (Å²) in [5.74, 6) is 2.44. The number of nitrogens with zero attached hydrogens (tertiary/aromatic N) is 2. The molecule has 2 aromatic carbocycles. The van der Waals surface area contributed by atoms with Gasteiger partial charge in [-0.15, -0.1) is 0 Å². The lowest BCUT2D eigenvalue weighted by atomic mass is 10.2. The third-order valence-corrected chi connectivity index (χ3v) is 4.89. The zero-order valence-corrected chi connectivity index (χ0v) is 18.5. The van der Waals surface area contributed by atoms with Crippen LogP contribution in [0.15, 0.2) is 77.5 Å². The first kappa shape index (κ1) is 22.0. The average molecular weight is 447 g/mol. The summed E-state index contributed by atoms with van der Waals surface area (Å²) in [6.45, 7) is 2.53. The quantitative estimate of drug-likeness (QED) is 0.371. The van der Waals surface area contributed by atoms with Crippen LogP contribution < -0.4 is 19.5 Å². The SMILES string of the molecule is CCc1ccc(OCn2cc(NC(=O)c3ccc(COc4cccc(OC)c4)o3)cn2)cc1. The maximum Gasteiger partial charge on any atom is 0.291 e. The fourth-order valence-corrected chi connectivity index (χ4v) is 3.08. The van der Waals surface area contributed by atoms with E-state index in [2.05, 4.69) is 17.3 Å². The van der Waals surface area contributed by atoms with Crippen LogP contribution in [-0.4, -0.2) is 22.8 Å². The summed E-state index contributed by atoms with van der Waals surface area (Å²) in [4.78, 5) is 12.5. The number of ether oxygens (including phenoxy) is 3. The van der Waals surface area contributed by atoms with Crippen molar-refractivity contribution in [2.75, 3.05) is 12.4 Å². The first-order chi connectivity index (χ1) is 16.1. The van der Waals surface area contributed by atoms with Gasteiger partial charge in [-0.2, -0.15) is 5.10 Å². The molecule has 4 rings (SSSR count). The van der Waals surface area contributed by atoms with E-state index in [0.29, 0.717) is 22.9 Å². The van der Waals surface area contributed by atoms with E-state index in [4.69, 9.17) is 18.6 Å². The Balaban J connectivity index is 1.28. The van der Waals surface area contributed by atoms with E-state index in [1.54, 1.807) is 42.4 Å². The summed E-state index contributed by atoms with van der Waals surface area (Å²) in [7, 11) is 1.60. The Kier molecular flexibility index (Phi) is 6.94. The highest BCUT2D eigenvalue weighted by Gasteiger charge is 2.13. The highest BCUT2D eigenvalue weighted by molar-refractivity contribution is 6.02. The molecule has 0 saturated heterocycles. The first-order valence-corrected chi connectivity index (χ1v) is 10.5. The van der Waals surface area contributed by atoms with Crippen LogP contribution in [-0.2, 0) is 19.8 Å². The average Bonchev–Trinajstić information content (AvgIpc) is 3.51. The number of hydrogen-bond acceptors (Lipinski definition) is 6. The molecule has 0 aliphatic carbocycles. The first-order valence-electron chi connectivity index (χ1n) is 10.5. The number of aryl methyl sites for hydroxylation is 1. The monoisotopic (exact) mass is 447 g/mol. The van der Waals surface area contributed by atoms with Crippen LogP contribution >= 0.6 is 0 Å². The lowest BCUT2D eigenvalue weighted by Gasteiger charge is -2.06. The van der Waals surface area contributed by atoms with E-state index in [0.717, 1.165) is 12.2 Å². The predicted molar refractivity (Wildman–Crippen MR) is 123 cm³/mol. The summed E-state index contributed by atoms with van der Waals surface area (Å²) in [5, 5.41) is 6.98. The number of hydrogen-bond donors (Lipinski definition) is 1. The number of carbonyl (C=O) groups excluding carboxylic acids is 1. The zero-order chi connectivity index (χ0) is 23.0. The molecule has 0 fully saturated rings. The fraction of sp³-hybridized carbons (Fsp3) is 0.200. The van der Waals surface area contributed by atoms with Crippen molar-refractivity contribution >= 4 is 11.6 Å². The van der Waals surface area contributed by atoms with E-state index in [1.807, 2.05) is 42.5 Å². The van der Waals surface area contributed by atoms with Gasteiger partial charge >= 0.3 is 0 Å². The molecule has 0 aliphatic heterocycles. The Bertz CT molecular complexity index is 1200. The Morgan fingerprint density at radius 3 is 2.64 bits per heavy atom. The van der Waals surface area contributed by atoms with Gasteiger partial charge in [0, 0.05) is 6.07 Å². The Morgan fingerprint density at radius 1 is 1.03 bits per heavy atom. The molecule has 0 radical (unpaired) electrons. The minimum Gasteiger partial charge on any atom is -0.497 e. The summed E-state index contributed by atoms with van der Waals surface area (Å²) < 4.78 is 23.8. The molecule has 8 nitrogen and oxygen atoms in total. The molecule has 2 aromatic heterocycles. The molecule has 4 aromatic rings. The van der Waals surface area contributed by atoms with E-state index in [9.17, 15) is 4.79 Å². The van der Waals surface area contributed by atoms with E-state index >= 15 is 0 Å². The summed E-state index contributed by atoms with van der Waals surface area (Å²) >= 11 is 0. The van der Waals surface area contributed by atoms with Crippen molar-refractivity contribution in [2.45, 2.75) is 26.7 Å². The van der Waals surface area contributed by atoms with Gasteiger partial charge in [-0.25, -0.2) is 4.68 Å². The largest absolute Gasteiger partial charge is 0.497 e. The molecule has 0 bridgehead atoms. The van der Waals surface area contributed by atoms with Crippen LogP contribution in [0.2, 0.25) is 0 Å². The maximum atomic E-state index is 12.5. The van der Waals surface area contributed by atoms with Crippen molar-refractivity contribution in [1.82, 2.24) is 9.78 Å². The third kappa shape index (κ3) is 5.94. The van der Waals surface area contributed by atoms with Crippen molar-refractivity contribution in [3.05, 3.63) is 90.1 Å². The Morgan fingerprint density at radius 2 is 1.85 bits per heavy atom. The van der Waals surface area contributed by atoms with Gasteiger partial charge in [-0.3, -0.25) is 4.79 Å². The number of benzene rings is 2. The normalized spacial score (nSPS) is 10.6. The van der Waals surface area contributed by atoms with Gasteiger partial charge in [0.2, 0.25) is 0 Å². The minimum atomic E-state index is -0.377. The van der Waals surface area contributed by atoms with Gasteiger partial charge in [-0.05, 0) is 48.4 Å². The number of rotatable bonds is 10. The lowest BCUT2D eigenvalue weighted by Crippen LogP contribution is -2.10. The molecule has 1 amide bonds. The molecule has 0 aliphatic rings. The zero-order valence-electron chi connectivity index (χ0n) is 18.5. The topological polar surface area (TPSA) is 87.8 Å². The molecule has 0 saturated carbocycles. The van der Waals surface area contributed by atoms with Gasteiger partial charge in [0.1, 0.15) is 29.6 Å². The number of anilines is 1. The van der Waals surface area contributed by atoms with Gasteiger partial charge in [0.25, 0.3) is 5.91 Å². The number of aromatic nitrogens is 2. The second-order valence-corrected chi connectivity index (χ2v) is 7.23. The van der Waals surface area contributed by atoms with E-state index < -0.39 is 0 Å². The molecule has 2 heterocycles. The van der Waals surface area contributed by atoms with Crippen LogP contribution in [0.5, 0.6) is 17.2 Å². The standard InChI is InChI=1S/C25H25N3O5/c1-3-18-7-9-20(10-8-18)32-17-28-15-19(14-26-28)27-25(29)24-12-11-23(33-24)16-31-22-6-4-5-21(13-22)30-2/h4-15H,3,16-17H2,1-2H3,(H,27,29). The molecule has 33 heavy (non-hydrogen) atoms. The van der Waals surface area contributed by atoms with Crippen molar-refractivity contribution in [3.63, 3.8) is 0 Å². The number of methoxy groups -OCH3 is 1. The minimum absolute atomic E-state index is 0.180. The van der Waals surface area contributed by atoms with Crippen LogP contribution in [0.3, 0.4) is 0 Å². The summed E-state index contributed by atoms with van der Waals surface area (Å²) in [5.41, 5.74) is 1.79. The maximum absolute atomic E-state index is 12.5. The molecule has 1 N–H and O–H groups in total. The molecular weight excluding hydrogens is 422 g/mol. The molecule has 170 valence electrons. The molecular formula is C25H25N3O5. The lowest BCUT2D eigenvalue weighted by molar-refractivity contribution is 0.0992. The van der Waals surface area contributed by atoms with Crippen LogP contribution in [0.1, 0.15) is 28.8 Å². The van der Waals surface area contributed by atoms with Gasteiger partial charge < -0.3 is 23.9 Å². The smallest absolute Gasteiger partial charge is 0.291 e. The van der Waals surface area contributed by atoms with Crippen LogP contribution in [0.4, 0.5) is 5.69 Å². The van der Waals surface area contributed by atoms with Crippen molar-refractivity contribution in [1.29, 1.82) is 0 Å². The number of amides is 1. The van der Waals surface area contributed by atoms with Crippen molar-refractivity contribution in [3.8, 4) is 17.2 Å². The number of nitrogens with one attached hydrogen (secondary N) is 1. The predicted octanol–water partition coefficient (Wildman–Crippen LogP) is 4.91. The Labute approximate surface area is 191 Å². The fourth-order valence-electron chi connectivity index (χ4n) is 3.08. The van der Waals surface area contributed by atoms with E-state index in [1.165, 1.54) is 5.56 Å². The molecule has 0 unspecified atom stereocenters. The third-order valence-electron chi connectivity index (χ3n) is 4.89. The van der Waals surface area contributed by atoms with Crippen molar-refractivity contribution < 1.29 is 23.4 Å². The number of carbonyl (C=O) groups is 1. The van der Waals surface area contributed by atoms with Gasteiger partial charge in [-0.1, -0.05) is 25.1 Å². The Hall–Kier alpha value is -4.20. The summed E-state index contributed by atoms with van der Waals surface area (Å²) in [6.07, 6.45) is 4.22. The molecule has 0 atom stereocenters. The van der Waals surface area contributed by atoms with Gasteiger partial charge in [0.05, 0.1) is 25.2 Å². The van der Waals surface area contributed by atoms with Crippen molar-refractivity contribution in [2.24, 2.45) is 0 Å². The van der Waals surface area contributed by atoms with Crippen LogP contribution in [0, 0.1) is 0 Å². The summed E-state index contributed by atoms with van der Waals surface area (Å²) in [6, 6.07) is 18.5. The second-order valence-electron chi connectivity index (χ2n) is 7.23. The highest BCUT2D eigenvalue weighted by atomic mass is 16.5. The molecule has 8 heteroatoms.